The van der Waals surface area contributed by atoms with Gasteiger partial charge in [0, 0.05) is 22.8 Å². The zero-order valence-corrected chi connectivity index (χ0v) is 19.7. The Morgan fingerprint density at radius 2 is 2.03 bits per heavy atom. The number of thioether (sulfide) groups is 1. The molecule has 1 aliphatic carbocycles. The number of esters is 1. The second kappa shape index (κ2) is 12.1. The van der Waals surface area contributed by atoms with Crippen molar-refractivity contribution in [3.63, 3.8) is 0 Å². The van der Waals surface area contributed by atoms with Gasteiger partial charge >= 0.3 is 5.97 Å². The molecule has 6 atom stereocenters. The largest absolute Gasteiger partial charge is 0.491 e. The Hall–Kier alpha value is -1.57. The topological polar surface area (TPSA) is 76.0 Å². The summed E-state index contributed by atoms with van der Waals surface area (Å²) in [7, 11) is 0. The van der Waals surface area contributed by atoms with Crippen molar-refractivity contribution < 1.29 is 28.9 Å². The molecule has 7 heteroatoms. The molecule has 0 spiro atoms. The van der Waals surface area contributed by atoms with E-state index in [1.807, 2.05) is 31.7 Å². The third kappa shape index (κ3) is 7.49. The number of benzene rings is 1. The van der Waals surface area contributed by atoms with Gasteiger partial charge < -0.3 is 19.7 Å². The Bertz CT molecular complexity index is 753. The average Bonchev–Trinajstić information content (AvgIpc) is 3.05. The molecular weight excluding hydrogens is 431 g/mol. The highest BCUT2D eigenvalue weighted by molar-refractivity contribution is 8.00. The van der Waals surface area contributed by atoms with Gasteiger partial charge in [-0.2, -0.15) is 11.8 Å². The third-order valence-electron chi connectivity index (χ3n) is 6.14. The van der Waals surface area contributed by atoms with Gasteiger partial charge in [0.1, 0.15) is 24.3 Å². The van der Waals surface area contributed by atoms with Crippen LogP contribution in [0.2, 0.25) is 0 Å². The van der Waals surface area contributed by atoms with E-state index in [4.69, 9.17) is 9.47 Å². The van der Waals surface area contributed by atoms with Gasteiger partial charge in [-0.25, -0.2) is 4.39 Å². The lowest BCUT2D eigenvalue weighted by molar-refractivity contribution is -0.147. The quantitative estimate of drug-likeness (QED) is 0.391. The fourth-order valence-corrected chi connectivity index (χ4v) is 6.53. The Labute approximate surface area is 194 Å². The molecule has 0 radical (unpaired) electrons. The lowest BCUT2D eigenvalue weighted by Crippen LogP contribution is -2.27. The molecule has 1 saturated heterocycles. The molecule has 2 fully saturated rings. The van der Waals surface area contributed by atoms with Crippen molar-refractivity contribution in [2.24, 2.45) is 11.8 Å². The molecule has 1 saturated carbocycles. The maximum absolute atomic E-state index is 12.9. The normalized spacial score (nSPS) is 28.6. The third-order valence-corrected chi connectivity index (χ3v) is 7.89. The molecule has 0 amide bonds. The van der Waals surface area contributed by atoms with E-state index in [2.05, 4.69) is 0 Å². The zero-order valence-electron chi connectivity index (χ0n) is 18.9. The van der Waals surface area contributed by atoms with Crippen molar-refractivity contribution in [2.45, 2.75) is 81.2 Å². The maximum atomic E-state index is 12.9. The van der Waals surface area contributed by atoms with Crippen LogP contribution in [0.15, 0.2) is 36.4 Å². The van der Waals surface area contributed by atoms with Crippen molar-refractivity contribution >= 4 is 17.7 Å². The molecule has 2 N–H and O–H groups in total. The van der Waals surface area contributed by atoms with Gasteiger partial charge in [-0.3, -0.25) is 4.79 Å². The number of hydrogen-bond donors (Lipinski definition) is 2. The summed E-state index contributed by atoms with van der Waals surface area (Å²) in [6, 6.07) is 5.69. The molecule has 0 bridgehead atoms. The lowest BCUT2D eigenvalue weighted by Gasteiger charge is -2.33. The minimum absolute atomic E-state index is 0.0370. The first-order chi connectivity index (χ1) is 15.3. The first kappa shape index (κ1) is 25.1. The van der Waals surface area contributed by atoms with Crippen LogP contribution >= 0.6 is 11.8 Å². The number of carbonyl (C=O) groups excluding carboxylic acids is 1. The van der Waals surface area contributed by atoms with E-state index in [0.717, 1.165) is 32.1 Å². The predicted octanol–water partition coefficient (Wildman–Crippen LogP) is 4.50. The first-order valence-corrected chi connectivity index (χ1v) is 12.5. The van der Waals surface area contributed by atoms with E-state index in [9.17, 15) is 19.4 Å². The van der Waals surface area contributed by atoms with Crippen molar-refractivity contribution in [3.8, 4) is 5.75 Å². The van der Waals surface area contributed by atoms with Crippen LogP contribution in [0.3, 0.4) is 0 Å². The average molecular weight is 467 g/mol. The van der Waals surface area contributed by atoms with Gasteiger partial charge in [-0.15, -0.1) is 0 Å². The van der Waals surface area contributed by atoms with Crippen LogP contribution in [0.25, 0.3) is 0 Å². The Morgan fingerprint density at radius 3 is 2.75 bits per heavy atom. The Balaban J connectivity index is 1.41. The summed E-state index contributed by atoms with van der Waals surface area (Å²) in [5.74, 6) is 0.492. The van der Waals surface area contributed by atoms with Crippen LogP contribution in [0.4, 0.5) is 4.39 Å². The Kier molecular flexibility index (Phi) is 9.44. The molecule has 1 aromatic rings. The molecular formula is C25H35FO5S. The van der Waals surface area contributed by atoms with E-state index in [-0.39, 0.29) is 30.4 Å². The number of halogens is 1. The number of aliphatic hydroxyl groups excluding tert-OH is 2. The van der Waals surface area contributed by atoms with Crippen LogP contribution in [0.5, 0.6) is 5.75 Å². The van der Waals surface area contributed by atoms with E-state index >= 15 is 0 Å². The van der Waals surface area contributed by atoms with E-state index in [1.165, 1.54) is 24.3 Å². The number of carbonyl (C=O) groups is 1. The molecule has 0 unspecified atom stereocenters. The van der Waals surface area contributed by atoms with Crippen LogP contribution in [-0.2, 0) is 9.53 Å². The number of ether oxygens (including phenoxy) is 2. The monoisotopic (exact) mass is 466 g/mol. The fraction of sp³-hybridized carbons (Fsp3) is 0.640. The van der Waals surface area contributed by atoms with Crippen molar-refractivity contribution in [1.82, 2.24) is 0 Å². The molecule has 5 nitrogen and oxygen atoms in total. The summed E-state index contributed by atoms with van der Waals surface area (Å²) in [6.45, 7) is 3.81. The summed E-state index contributed by atoms with van der Waals surface area (Å²) < 4.78 is 23.6. The highest BCUT2D eigenvalue weighted by atomic mass is 32.2. The number of rotatable bonds is 10. The highest BCUT2D eigenvalue weighted by Crippen LogP contribution is 2.49. The molecule has 0 aromatic heterocycles. The fourth-order valence-electron chi connectivity index (χ4n) is 4.64. The Morgan fingerprint density at radius 1 is 1.28 bits per heavy atom. The van der Waals surface area contributed by atoms with Crippen LogP contribution in [0, 0.1) is 17.7 Å². The van der Waals surface area contributed by atoms with Crippen molar-refractivity contribution in [2.75, 3.05) is 6.61 Å². The highest BCUT2D eigenvalue weighted by Gasteiger charge is 2.44. The van der Waals surface area contributed by atoms with Gasteiger partial charge in [-0.05, 0) is 76.1 Å². The van der Waals surface area contributed by atoms with Gasteiger partial charge in [-0.1, -0.05) is 12.2 Å². The van der Waals surface area contributed by atoms with E-state index in [1.54, 1.807) is 6.08 Å². The van der Waals surface area contributed by atoms with E-state index < -0.39 is 12.2 Å². The number of hydrogen-bond acceptors (Lipinski definition) is 6. The maximum Gasteiger partial charge on any atom is 0.306 e. The summed E-state index contributed by atoms with van der Waals surface area (Å²) >= 11 is 1.95. The summed E-state index contributed by atoms with van der Waals surface area (Å²) in [6.07, 6.45) is 7.58. The molecule has 32 heavy (non-hydrogen) atoms. The molecule has 1 aliphatic heterocycles. The van der Waals surface area contributed by atoms with Crippen LogP contribution in [-0.4, -0.2) is 51.6 Å². The molecule has 1 heterocycles. The second-order valence-corrected chi connectivity index (χ2v) is 10.6. The number of fused-ring (bicyclic) bond motifs is 1. The van der Waals surface area contributed by atoms with Crippen molar-refractivity contribution in [3.05, 3.63) is 42.2 Å². The van der Waals surface area contributed by atoms with E-state index in [0.29, 0.717) is 28.6 Å². The second-order valence-electron chi connectivity index (χ2n) is 9.07. The van der Waals surface area contributed by atoms with Crippen LogP contribution < -0.4 is 4.74 Å². The van der Waals surface area contributed by atoms with Gasteiger partial charge in [0.15, 0.2) is 0 Å². The summed E-state index contributed by atoms with van der Waals surface area (Å²) in [5, 5.41) is 21.8. The van der Waals surface area contributed by atoms with Crippen LogP contribution in [0.1, 0.15) is 52.4 Å². The van der Waals surface area contributed by atoms with Gasteiger partial charge in [0.25, 0.3) is 0 Å². The molecule has 1 aromatic carbocycles. The number of aliphatic hydroxyl groups is 2. The summed E-state index contributed by atoms with van der Waals surface area (Å²) in [5.41, 5.74) is 0. The molecule has 2 aliphatic rings. The standard InChI is InChI=1S/C25H35FO5S/c1-16(2)31-25(29)5-3-4-20-11-13-22-21(23(28)14-24(22)32-20)12-8-18(27)15-30-19-9-6-17(26)7-10-19/h6-10,12,16,18,20-24,27-28H,3-5,11,13-15H2,1-2H3/t18-,20+,21-,22-,23-,24+/m1/s1. The summed E-state index contributed by atoms with van der Waals surface area (Å²) in [4.78, 5) is 11.7. The molecule has 3 rings (SSSR count). The SMILES string of the molecule is CC(C)OC(=O)CCC[C@H]1CC[C@@H]2[C@@H](C=C[C@@H](O)COc3ccc(F)cc3)[C@H](O)C[C@@H]2S1. The van der Waals surface area contributed by atoms with Crippen molar-refractivity contribution in [1.29, 1.82) is 0 Å². The lowest BCUT2D eigenvalue weighted by atomic mass is 9.88. The predicted molar refractivity (Wildman–Crippen MR) is 124 cm³/mol. The smallest absolute Gasteiger partial charge is 0.306 e. The zero-order chi connectivity index (χ0) is 23.1. The van der Waals surface area contributed by atoms with Gasteiger partial charge in [0.05, 0.1) is 12.2 Å². The minimum atomic E-state index is -0.791. The van der Waals surface area contributed by atoms with Gasteiger partial charge in [0.2, 0.25) is 0 Å². The molecule has 178 valence electrons. The minimum Gasteiger partial charge on any atom is -0.491 e. The first-order valence-electron chi connectivity index (χ1n) is 11.6.